The van der Waals surface area contributed by atoms with Crippen LogP contribution in [0, 0.1) is 0 Å². The van der Waals surface area contributed by atoms with Gasteiger partial charge in [0.05, 0.1) is 0 Å². The van der Waals surface area contributed by atoms with Gasteiger partial charge in [0, 0.05) is 16.0 Å². The lowest BCUT2D eigenvalue weighted by Crippen LogP contribution is -2.11. The molecule has 0 aliphatic rings. The van der Waals surface area contributed by atoms with Gasteiger partial charge in [0.1, 0.15) is 0 Å². The molecule has 0 saturated carbocycles. The number of benzene rings is 2. The molecule has 3 heteroatoms. The average Bonchev–Trinajstić information content (AvgIpc) is 2.37. The topological polar surface area (TPSA) is 12.0 Å². The van der Waals surface area contributed by atoms with Crippen LogP contribution < -0.4 is 5.32 Å². The maximum Gasteiger partial charge on any atom is 0.0457 e. The summed E-state index contributed by atoms with van der Waals surface area (Å²) in [5, 5.41) is 4.10. The van der Waals surface area contributed by atoms with E-state index in [0.717, 1.165) is 33.7 Å². The monoisotopic (exact) mass is 323 g/mol. The van der Waals surface area contributed by atoms with Crippen LogP contribution in [-0.4, -0.2) is 6.54 Å². The molecule has 0 heterocycles. The van der Waals surface area contributed by atoms with Gasteiger partial charge in [-0.15, -0.1) is 0 Å². The van der Waals surface area contributed by atoms with Crippen molar-refractivity contribution in [3.8, 4) is 11.1 Å². The van der Waals surface area contributed by atoms with Crippen LogP contribution in [0.1, 0.15) is 12.5 Å². The van der Waals surface area contributed by atoms with Crippen molar-refractivity contribution in [2.75, 3.05) is 6.54 Å². The van der Waals surface area contributed by atoms with Crippen molar-refractivity contribution in [2.45, 2.75) is 13.5 Å². The second-order valence-corrected chi connectivity index (χ2v) is 5.42. The Balaban J connectivity index is 2.28. The Labute approximate surface area is 121 Å². The standard InChI is InChI=1S/C15H15BrClN/c1-2-18-10-13-7-6-12(9-15(13)17)11-4-3-5-14(16)8-11/h3-9,18H,2,10H2,1H3. The molecule has 1 N–H and O–H groups in total. The molecule has 2 aromatic rings. The fourth-order valence-corrected chi connectivity index (χ4v) is 2.44. The minimum absolute atomic E-state index is 0.813. The van der Waals surface area contributed by atoms with Crippen LogP contribution in [0.25, 0.3) is 11.1 Å². The Bertz CT molecular complexity index is 540. The molecular formula is C15H15BrClN. The highest BCUT2D eigenvalue weighted by molar-refractivity contribution is 9.10. The average molecular weight is 325 g/mol. The second-order valence-electron chi connectivity index (χ2n) is 4.10. The summed E-state index contributed by atoms with van der Waals surface area (Å²) in [5.74, 6) is 0. The summed E-state index contributed by atoms with van der Waals surface area (Å²) < 4.78 is 1.08. The van der Waals surface area contributed by atoms with Crippen molar-refractivity contribution < 1.29 is 0 Å². The number of rotatable bonds is 4. The van der Waals surface area contributed by atoms with Gasteiger partial charge in [-0.25, -0.2) is 0 Å². The molecule has 0 aliphatic carbocycles. The molecular weight excluding hydrogens is 310 g/mol. The zero-order valence-electron chi connectivity index (χ0n) is 10.2. The maximum absolute atomic E-state index is 6.30. The summed E-state index contributed by atoms with van der Waals surface area (Å²) in [5.41, 5.74) is 3.44. The second kappa shape index (κ2) is 6.37. The molecule has 0 amide bonds. The molecule has 2 aromatic carbocycles. The molecule has 0 aliphatic heterocycles. The summed E-state index contributed by atoms with van der Waals surface area (Å²) in [6, 6.07) is 14.4. The number of hydrogen-bond acceptors (Lipinski definition) is 1. The first-order chi connectivity index (χ1) is 8.70. The first kappa shape index (κ1) is 13.6. The van der Waals surface area contributed by atoms with Gasteiger partial charge in [-0.1, -0.05) is 58.7 Å². The van der Waals surface area contributed by atoms with Gasteiger partial charge >= 0.3 is 0 Å². The minimum atomic E-state index is 0.813. The predicted molar refractivity (Wildman–Crippen MR) is 82.0 cm³/mol. The first-order valence-corrected chi connectivity index (χ1v) is 7.13. The molecule has 0 bridgehead atoms. The Hall–Kier alpha value is -0.830. The van der Waals surface area contributed by atoms with E-state index in [4.69, 9.17) is 11.6 Å². The van der Waals surface area contributed by atoms with Crippen LogP contribution in [0.5, 0.6) is 0 Å². The van der Waals surface area contributed by atoms with E-state index in [2.05, 4.69) is 52.4 Å². The summed E-state index contributed by atoms with van der Waals surface area (Å²) in [7, 11) is 0. The predicted octanol–water partition coefficient (Wildman–Crippen LogP) is 4.88. The Kier molecular flexibility index (Phi) is 4.81. The SMILES string of the molecule is CCNCc1ccc(-c2cccc(Br)c2)cc1Cl. The fraction of sp³-hybridized carbons (Fsp3) is 0.200. The lowest BCUT2D eigenvalue weighted by Gasteiger charge is -2.08. The van der Waals surface area contributed by atoms with Gasteiger partial charge in [0.2, 0.25) is 0 Å². The molecule has 1 nitrogen and oxygen atoms in total. The minimum Gasteiger partial charge on any atom is -0.313 e. The number of nitrogens with one attached hydrogen (secondary N) is 1. The van der Waals surface area contributed by atoms with E-state index < -0.39 is 0 Å². The van der Waals surface area contributed by atoms with E-state index in [0.29, 0.717) is 0 Å². The van der Waals surface area contributed by atoms with Crippen LogP contribution in [0.4, 0.5) is 0 Å². The van der Waals surface area contributed by atoms with E-state index in [-0.39, 0.29) is 0 Å². The van der Waals surface area contributed by atoms with Crippen LogP contribution in [0.3, 0.4) is 0 Å². The largest absolute Gasteiger partial charge is 0.313 e. The molecule has 94 valence electrons. The highest BCUT2D eigenvalue weighted by Gasteiger charge is 2.03. The van der Waals surface area contributed by atoms with Crippen LogP contribution in [-0.2, 0) is 6.54 Å². The van der Waals surface area contributed by atoms with Crippen molar-refractivity contribution in [2.24, 2.45) is 0 Å². The van der Waals surface area contributed by atoms with Crippen molar-refractivity contribution in [3.05, 3.63) is 57.5 Å². The van der Waals surface area contributed by atoms with Gasteiger partial charge in [0.25, 0.3) is 0 Å². The van der Waals surface area contributed by atoms with E-state index in [1.54, 1.807) is 0 Å². The quantitative estimate of drug-likeness (QED) is 0.845. The van der Waals surface area contributed by atoms with Gasteiger partial charge < -0.3 is 5.32 Å². The third kappa shape index (κ3) is 3.35. The first-order valence-electron chi connectivity index (χ1n) is 5.96. The Morgan fingerprint density at radius 1 is 1.11 bits per heavy atom. The van der Waals surface area contributed by atoms with Gasteiger partial charge in [-0.2, -0.15) is 0 Å². The molecule has 0 fully saturated rings. The highest BCUT2D eigenvalue weighted by Crippen LogP contribution is 2.27. The van der Waals surface area contributed by atoms with E-state index in [9.17, 15) is 0 Å². The Morgan fingerprint density at radius 3 is 2.56 bits per heavy atom. The number of hydrogen-bond donors (Lipinski definition) is 1. The molecule has 0 saturated heterocycles. The van der Waals surface area contributed by atoms with E-state index >= 15 is 0 Å². The zero-order chi connectivity index (χ0) is 13.0. The summed E-state index contributed by atoms with van der Waals surface area (Å²) in [6.07, 6.45) is 0. The van der Waals surface area contributed by atoms with Crippen molar-refractivity contribution >= 4 is 27.5 Å². The molecule has 0 aromatic heterocycles. The fourth-order valence-electron chi connectivity index (χ4n) is 1.80. The summed E-state index contributed by atoms with van der Waals surface area (Å²) >= 11 is 9.79. The van der Waals surface area contributed by atoms with Gasteiger partial charge in [-0.05, 0) is 41.4 Å². The number of halogens is 2. The van der Waals surface area contributed by atoms with Gasteiger partial charge in [0.15, 0.2) is 0 Å². The lowest BCUT2D eigenvalue weighted by atomic mass is 10.0. The van der Waals surface area contributed by atoms with E-state index in [1.165, 1.54) is 5.56 Å². The Morgan fingerprint density at radius 2 is 1.89 bits per heavy atom. The van der Waals surface area contributed by atoms with Crippen LogP contribution in [0.15, 0.2) is 46.9 Å². The highest BCUT2D eigenvalue weighted by atomic mass is 79.9. The smallest absolute Gasteiger partial charge is 0.0457 e. The summed E-state index contributed by atoms with van der Waals surface area (Å²) in [6.45, 7) is 3.85. The van der Waals surface area contributed by atoms with Gasteiger partial charge in [-0.3, -0.25) is 0 Å². The molecule has 0 radical (unpaired) electrons. The van der Waals surface area contributed by atoms with Crippen molar-refractivity contribution in [3.63, 3.8) is 0 Å². The maximum atomic E-state index is 6.30. The molecule has 0 atom stereocenters. The molecule has 18 heavy (non-hydrogen) atoms. The molecule has 2 rings (SSSR count). The third-order valence-corrected chi connectivity index (χ3v) is 3.62. The van der Waals surface area contributed by atoms with E-state index in [1.807, 2.05) is 18.2 Å². The molecule has 0 unspecified atom stereocenters. The summed E-state index contributed by atoms with van der Waals surface area (Å²) in [4.78, 5) is 0. The lowest BCUT2D eigenvalue weighted by molar-refractivity contribution is 0.727. The van der Waals surface area contributed by atoms with Crippen LogP contribution in [0.2, 0.25) is 5.02 Å². The normalized spacial score (nSPS) is 10.6. The van der Waals surface area contributed by atoms with Crippen LogP contribution >= 0.6 is 27.5 Å². The molecule has 0 spiro atoms. The van der Waals surface area contributed by atoms with Crippen molar-refractivity contribution in [1.82, 2.24) is 5.32 Å². The third-order valence-electron chi connectivity index (χ3n) is 2.78. The zero-order valence-corrected chi connectivity index (χ0v) is 12.6. The van der Waals surface area contributed by atoms with Crippen molar-refractivity contribution in [1.29, 1.82) is 0 Å².